The Kier molecular flexibility index (Phi) is 7.32. The SMILES string of the molecule is Cc1cc(Br)ccc1SCC(=O)NNC(=S)NC(C)C. The van der Waals surface area contributed by atoms with Gasteiger partial charge in [0.1, 0.15) is 0 Å². The van der Waals surface area contributed by atoms with Crippen molar-refractivity contribution in [2.45, 2.75) is 31.7 Å². The standard InChI is InChI=1S/C13H18BrN3OS2/c1-8(2)15-13(19)17-16-12(18)7-20-11-5-4-10(14)6-9(11)3/h4-6,8H,7H2,1-3H3,(H,16,18)(H2,15,17,19). The Labute approximate surface area is 137 Å². The summed E-state index contributed by atoms with van der Waals surface area (Å²) in [6.07, 6.45) is 0. The largest absolute Gasteiger partial charge is 0.359 e. The molecule has 1 rings (SSSR count). The molecule has 3 N–H and O–H groups in total. The van der Waals surface area contributed by atoms with Gasteiger partial charge in [-0.05, 0) is 56.8 Å². The molecule has 110 valence electrons. The van der Waals surface area contributed by atoms with Gasteiger partial charge in [-0.25, -0.2) is 0 Å². The summed E-state index contributed by atoms with van der Waals surface area (Å²) >= 11 is 9.92. The van der Waals surface area contributed by atoms with Gasteiger partial charge in [0.05, 0.1) is 5.75 Å². The van der Waals surface area contributed by atoms with Crippen molar-refractivity contribution in [2.75, 3.05) is 5.75 Å². The molecule has 0 radical (unpaired) electrons. The van der Waals surface area contributed by atoms with E-state index in [4.69, 9.17) is 12.2 Å². The minimum atomic E-state index is -0.120. The quantitative estimate of drug-likeness (QED) is 0.429. The minimum absolute atomic E-state index is 0.120. The maximum atomic E-state index is 11.7. The predicted molar refractivity (Wildman–Crippen MR) is 91.8 cm³/mol. The van der Waals surface area contributed by atoms with Crippen LogP contribution in [0.5, 0.6) is 0 Å². The van der Waals surface area contributed by atoms with Gasteiger partial charge in [-0.3, -0.25) is 15.6 Å². The van der Waals surface area contributed by atoms with E-state index in [0.29, 0.717) is 10.9 Å². The van der Waals surface area contributed by atoms with Gasteiger partial charge in [0.15, 0.2) is 5.11 Å². The van der Waals surface area contributed by atoms with Crippen LogP contribution < -0.4 is 16.2 Å². The van der Waals surface area contributed by atoms with Gasteiger partial charge in [0, 0.05) is 15.4 Å². The molecule has 0 heterocycles. The van der Waals surface area contributed by atoms with Crippen molar-refractivity contribution in [3.8, 4) is 0 Å². The average molecular weight is 376 g/mol. The normalized spacial score (nSPS) is 10.2. The zero-order chi connectivity index (χ0) is 15.1. The first-order valence-electron chi connectivity index (χ1n) is 6.12. The third-order valence-corrected chi connectivity index (χ3v) is 4.12. The van der Waals surface area contributed by atoms with Gasteiger partial charge < -0.3 is 5.32 Å². The fourth-order valence-electron chi connectivity index (χ4n) is 1.38. The van der Waals surface area contributed by atoms with Crippen molar-refractivity contribution in [1.82, 2.24) is 16.2 Å². The summed E-state index contributed by atoms with van der Waals surface area (Å²) < 4.78 is 1.04. The highest BCUT2D eigenvalue weighted by atomic mass is 79.9. The van der Waals surface area contributed by atoms with E-state index in [2.05, 4.69) is 32.1 Å². The number of thioether (sulfide) groups is 1. The molecule has 1 amide bonds. The number of carbonyl (C=O) groups is 1. The van der Waals surface area contributed by atoms with Gasteiger partial charge in [-0.2, -0.15) is 0 Å². The molecule has 7 heteroatoms. The lowest BCUT2D eigenvalue weighted by atomic mass is 10.2. The monoisotopic (exact) mass is 375 g/mol. The van der Waals surface area contributed by atoms with Crippen LogP contribution in [0.4, 0.5) is 0 Å². The van der Waals surface area contributed by atoms with Crippen LogP contribution in [-0.4, -0.2) is 22.8 Å². The van der Waals surface area contributed by atoms with E-state index in [1.165, 1.54) is 11.8 Å². The van der Waals surface area contributed by atoms with Crippen LogP contribution in [0.3, 0.4) is 0 Å². The summed E-state index contributed by atoms with van der Waals surface area (Å²) in [5, 5.41) is 3.40. The number of rotatable bonds is 4. The van der Waals surface area contributed by atoms with Crippen LogP contribution in [-0.2, 0) is 4.79 Å². The van der Waals surface area contributed by atoms with E-state index >= 15 is 0 Å². The molecule has 20 heavy (non-hydrogen) atoms. The topological polar surface area (TPSA) is 53.2 Å². The second-order valence-corrected chi connectivity index (χ2v) is 6.84. The summed E-state index contributed by atoms with van der Waals surface area (Å²) in [5.74, 6) is 0.213. The number of carbonyl (C=O) groups excluding carboxylic acids is 1. The van der Waals surface area contributed by atoms with E-state index in [9.17, 15) is 4.79 Å². The lowest BCUT2D eigenvalue weighted by molar-refractivity contribution is -0.119. The highest BCUT2D eigenvalue weighted by Gasteiger charge is 2.06. The predicted octanol–water partition coefficient (Wildman–Crippen LogP) is 2.75. The van der Waals surface area contributed by atoms with Crippen LogP contribution in [0.1, 0.15) is 19.4 Å². The second kappa shape index (κ2) is 8.49. The van der Waals surface area contributed by atoms with Gasteiger partial charge >= 0.3 is 0 Å². The van der Waals surface area contributed by atoms with Gasteiger partial charge in [0.2, 0.25) is 5.91 Å². The fraction of sp³-hybridized carbons (Fsp3) is 0.385. The van der Waals surface area contributed by atoms with Crippen molar-refractivity contribution in [3.63, 3.8) is 0 Å². The molecule has 0 aliphatic rings. The van der Waals surface area contributed by atoms with Crippen molar-refractivity contribution in [3.05, 3.63) is 28.2 Å². The Morgan fingerprint density at radius 2 is 2.10 bits per heavy atom. The number of hydrogen-bond donors (Lipinski definition) is 3. The third-order valence-electron chi connectivity index (χ3n) is 2.23. The maximum Gasteiger partial charge on any atom is 0.248 e. The van der Waals surface area contributed by atoms with Gasteiger partial charge in [-0.1, -0.05) is 15.9 Å². The average Bonchev–Trinajstić information content (AvgIpc) is 2.34. The van der Waals surface area contributed by atoms with Crippen molar-refractivity contribution < 1.29 is 4.79 Å². The Morgan fingerprint density at radius 1 is 1.40 bits per heavy atom. The molecule has 0 saturated carbocycles. The minimum Gasteiger partial charge on any atom is -0.359 e. The highest BCUT2D eigenvalue weighted by Crippen LogP contribution is 2.24. The van der Waals surface area contributed by atoms with Gasteiger partial charge in [0.25, 0.3) is 0 Å². The zero-order valence-corrected chi connectivity index (χ0v) is 14.8. The molecule has 0 saturated heterocycles. The molecule has 0 aliphatic heterocycles. The lowest BCUT2D eigenvalue weighted by Gasteiger charge is -2.13. The summed E-state index contributed by atoms with van der Waals surface area (Å²) in [5.41, 5.74) is 6.38. The van der Waals surface area contributed by atoms with E-state index in [0.717, 1.165) is 14.9 Å². The molecule has 1 aromatic rings. The summed E-state index contributed by atoms with van der Waals surface area (Å²) in [6, 6.07) is 6.22. The number of benzene rings is 1. The van der Waals surface area contributed by atoms with Crippen LogP contribution >= 0.6 is 39.9 Å². The van der Waals surface area contributed by atoms with Crippen LogP contribution in [0.15, 0.2) is 27.6 Å². The van der Waals surface area contributed by atoms with Crippen LogP contribution in [0.25, 0.3) is 0 Å². The Bertz CT molecular complexity index is 495. The second-order valence-electron chi connectivity index (χ2n) is 4.50. The number of thiocarbonyl (C=S) groups is 1. The smallest absolute Gasteiger partial charge is 0.248 e. The number of nitrogens with one attached hydrogen (secondary N) is 3. The molecule has 0 aliphatic carbocycles. The van der Waals surface area contributed by atoms with E-state index in [1.807, 2.05) is 39.0 Å². The maximum absolute atomic E-state index is 11.7. The Morgan fingerprint density at radius 3 is 2.70 bits per heavy atom. The van der Waals surface area contributed by atoms with Crippen LogP contribution in [0, 0.1) is 6.92 Å². The number of hydrazine groups is 1. The first-order valence-corrected chi connectivity index (χ1v) is 8.31. The Hall–Kier alpha value is -0.790. The molecule has 1 aromatic carbocycles. The van der Waals surface area contributed by atoms with Crippen molar-refractivity contribution in [2.24, 2.45) is 0 Å². The van der Waals surface area contributed by atoms with E-state index < -0.39 is 0 Å². The number of halogens is 1. The fourth-order valence-corrected chi connectivity index (χ4v) is 2.95. The van der Waals surface area contributed by atoms with E-state index in [-0.39, 0.29) is 11.9 Å². The first kappa shape index (κ1) is 17.3. The summed E-state index contributed by atoms with van der Waals surface area (Å²) in [7, 11) is 0. The molecule has 0 fully saturated rings. The molecule has 0 aromatic heterocycles. The lowest BCUT2D eigenvalue weighted by Crippen LogP contribution is -2.49. The van der Waals surface area contributed by atoms with E-state index in [1.54, 1.807) is 0 Å². The van der Waals surface area contributed by atoms with Gasteiger partial charge in [-0.15, -0.1) is 11.8 Å². The number of aryl methyl sites for hydroxylation is 1. The van der Waals surface area contributed by atoms with Crippen LogP contribution in [0.2, 0.25) is 0 Å². The molecular weight excluding hydrogens is 358 g/mol. The molecule has 0 unspecified atom stereocenters. The highest BCUT2D eigenvalue weighted by molar-refractivity contribution is 9.10. The number of amides is 1. The Balaban J connectivity index is 2.34. The van der Waals surface area contributed by atoms with Crippen molar-refractivity contribution >= 4 is 50.9 Å². The molecule has 4 nitrogen and oxygen atoms in total. The molecule has 0 atom stereocenters. The zero-order valence-electron chi connectivity index (χ0n) is 11.6. The summed E-state index contributed by atoms with van der Waals surface area (Å²) in [4.78, 5) is 12.8. The molecule has 0 spiro atoms. The molecular formula is C13H18BrN3OS2. The first-order chi connectivity index (χ1) is 9.38. The third kappa shape index (κ3) is 6.58. The summed E-state index contributed by atoms with van der Waals surface area (Å²) in [6.45, 7) is 5.97. The van der Waals surface area contributed by atoms with Crippen molar-refractivity contribution in [1.29, 1.82) is 0 Å². The number of hydrogen-bond acceptors (Lipinski definition) is 3. The molecule has 0 bridgehead atoms.